The van der Waals surface area contributed by atoms with Crippen LogP contribution in [0.25, 0.3) is 16.6 Å². The molecule has 1 aromatic carbocycles. The number of rotatable bonds is 3. The molecule has 3 aromatic rings. The van der Waals surface area contributed by atoms with Gasteiger partial charge in [0.2, 0.25) is 0 Å². The van der Waals surface area contributed by atoms with Crippen molar-refractivity contribution in [3.8, 4) is 0 Å². The summed E-state index contributed by atoms with van der Waals surface area (Å²) in [5.74, 6) is 1.18. The molecule has 0 saturated heterocycles. The van der Waals surface area contributed by atoms with Gasteiger partial charge in [0, 0.05) is 11.9 Å². The maximum Gasteiger partial charge on any atom is 0.148 e. The van der Waals surface area contributed by atoms with Gasteiger partial charge in [0.25, 0.3) is 0 Å². The first kappa shape index (κ1) is 14.0. The van der Waals surface area contributed by atoms with Crippen molar-refractivity contribution < 1.29 is 5.11 Å². The first-order chi connectivity index (χ1) is 11.1. The average molecular weight is 324 g/mol. The molecule has 0 bridgehead atoms. The molecule has 0 atom stereocenters. The van der Waals surface area contributed by atoms with E-state index >= 15 is 0 Å². The molecule has 2 N–H and O–H groups in total. The second-order valence-electron chi connectivity index (χ2n) is 5.59. The molecule has 1 aliphatic heterocycles. The molecule has 4 rings (SSSR count). The van der Waals surface area contributed by atoms with E-state index in [-0.39, 0.29) is 5.76 Å². The summed E-state index contributed by atoms with van der Waals surface area (Å²) in [6.07, 6.45) is 0. The summed E-state index contributed by atoms with van der Waals surface area (Å²) in [6.45, 7) is 0.989. The van der Waals surface area contributed by atoms with Crippen LogP contribution in [0, 0.1) is 5.41 Å². The predicted molar refractivity (Wildman–Crippen MR) is 92.7 cm³/mol. The number of amidine groups is 1. The fourth-order valence-corrected chi connectivity index (χ4v) is 3.68. The van der Waals surface area contributed by atoms with E-state index < -0.39 is 0 Å². The summed E-state index contributed by atoms with van der Waals surface area (Å²) in [4.78, 5) is 7.65. The Kier molecular flexibility index (Phi) is 3.20. The number of benzene rings is 1. The highest BCUT2D eigenvalue weighted by atomic mass is 32.1. The largest absolute Gasteiger partial charge is 0.510 e. The van der Waals surface area contributed by atoms with Gasteiger partial charge >= 0.3 is 0 Å². The number of aryl methyl sites for hydroxylation is 1. The number of hydrogen-bond acceptors (Lipinski definition) is 4. The fourth-order valence-electron chi connectivity index (χ4n) is 2.96. The minimum Gasteiger partial charge on any atom is -0.510 e. The molecule has 6 heteroatoms. The van der Waals surface area contributed by atoms with Gasteiger partial charge in [-0.25, -0.2) is 4.98 Å². The van der Waals surface area contributed by atoms with Crippen molar-refractivity contribution in [3.05, 3.63) is 58.2 Å². The minimum atomic E-state index is 0.213. The van der Waals surface area contributed by atoms with Crippen molar-refractivity contribution in [2.45, 2.75) is 6.54 Å². The van der Waals surface area contributed by atoms with E-state index in [1.807, 2.05) is 58.3 Å². The molecule has 5 nitrogen and oxygen atoms in total. The van der Waals surface area contributed by atoms with E-state index in [4.69, 9.17) is 5.41 Å². The Labute approximate surface area is 137 Å². The van der Waals surface area contributed by atoms with Crippen molar-refractivity contribution in [2.24, 2.45) is 7.05 Å². The number of para-hydroxylation sites is 2. The van der Waals surface area contributed by atoms with Gasteiger partial charge in [-0.15, -0.1) is 11.3 Å². The second-order valence-corrected chi connectivity index (χ2v) is 6.62. The lowest BCUT2D eigenvalue weighted by molar-refractivity contribution is 0.348. The Balaban J connectivity index is 1.71. The standard InChI is InChI=1S/C17H16N4OS/c1-20-13-7-3-2-6-12(13)19-17(20)15-14(22)10-21(16(15)18)9-11-5-4-8-23-11/h2-8,18,22H,9-10H2,1H3. The first-order valence-corrected chi connectivity index (χ1v) is 8.23. The molecule has 3 heterocycles. The number of thiophene rings is 1. The molecule has 0 radical (unpaired) electrons. The lowest BCUT2D eigenvalue weighted by atomic mass is 10.2. The van der Waals surface area contributed by atoms with E-state index in [1.54, 1.807) is 11.3 Å². The third kappa shape index (κ3) is 2.22. The van der Waals surface area contributed by atoms with Crippen LogP contribution in [0.5, 0.6) is 0 Å². The zero-order valence-corrected chi connectivity index (χ0v) is 13.5. The van der Waals surface area contributed by atoms with Crippen LogP contribution < -0.4 is 0 Å². The van der Waals surface area contributed by atoms with E-state index in [0.717, 1.165) is 11.0 Å². The number of fused-ring (bicyclic) bond motifs is 1. The lowest BCUT2D eigenvalue weighted by Gasteiger charge is -2.17. The molecule has 0 spiro atoms. The summed E-state index contributed by atoms with van der Waals surface area (Å²) in [7, 11) is 1.92. The molecule has 0 saturated carbocycles. The number of imidazole rings is 1. The second kappa shape index (κ2) is 5.24. The van der Waals surface area contributed by atoms with Crippen molar-refractivity contribution in [1.29, 1.82) is 5.41 Å². The summed E-state index contributed by atoms with van der Waals surface area (Å²) in [5, 5.41) is 20.9. The van der Waals surface area contributed by atoms with Crippen molar-refractivity contribution in [2.75, 3.05) is 6.54 Å². The summed E-state index contributed by atoms with van der Waals surface area (Å²) < 4.78 is 1.93. The van der Waals surface area contributed by atoms with Crippen LogP contribution in [-0.4, -0.2) is 31.9 Å². The number of aromatic nitrogens is 2. The minimum absolute atomic E-state index is 0.213. The number of aliphatic hydroxyl groups is 1. The van der Waals surface area contributed by atoms with Gasteiger partial charge in [-0.05, 0) is 23.6 Å². The van der Waals surface area contributed by atoms with E-state index in [1.165, 1.54) is 4.88 Å². The summed E-state index contributed by atoms with van der Waals surface area (Å²) >= 11 is 1.66. The van der Waals surface area contributed by atoms with Crippen LogP contribution in [0.1, 0.15) is 10.7 Å². The van der Waals surface area contributed by atoms with Crippen LogP contribution in [0.4, 0.5) is 0 Å². The van der Waals surface area contributed by atoms with Crippen LogP contribution in [0.2, 0.25) is 0 Å². The smallest absolute Gasteiger partial charge is 0.148 e. The molecule has 0 amide bonds. The molecule has 0 fully saturated rings. The van der Waals surface area contributed by atoms with Gasteiger partial charge in [-0.2, -0.15) is 0 Å². The fraction of sp³-hybridized carbons (Fsp3) is 0.176. The number of nitrogens with one attached hydrogen (secondary N) is 1. The molecule has 1 aliphatic rings. The molecule has 23 heavy (non-hydrogen) atoms. The quantitative estimate of drug-likeness (QED) is 0.776. The zero-order valence-electron chi connectivity index (χ0n) is 12.7. The van der Waals surface area contributed by atoms with Gasteiger partial charge in [-0.1, -0.05) is 18.2 Å². The van der Waals surface area contributed by atoms with Gasteiger partial charge < -0.3 is 14.6 Å². The predicted octanol–water partition coefficient (Wildman–Crippen LogP) is 3.40. The van der Waals surface area contributed by atoms with Crippen molar-refractivity contribution in [1.82, 2.24) is 14.5 Å². The van der Waals surface area contributed by atoms with Gasteiger partial charge in [0.15, 0.2) is 0 Å². The highest BCUT2D eigenvalue weighted by Crippen LogP contribution is 2.30. The Morgan fingerprint density at radius 1 is 1.26 bits per heavy atom. The monoisotopic (exact) mass is 324 g/mol. The molecule has 116 valence electrons. The normalized spacial score (nSPS) is 15.2. The Bertz CT molecular complexity index is 923. The first-order valence-electron chi connectivity index (χ1n) is 7.35. The topological polar surface area (TPSA) is 65.1 Å². The SMILES string of the molecule is Cn1c(C2=C(O)CN(Cc3cccs3)C2=N)nc2ccccc21. The molecule has 0 unspecified atom stereocenters. The zero-order chi connectivity index (χ0) is 16.0. The van der Waals surface area contributed by atoms with Crippen LogP contribution in [0.15, 0.2) is 47.5 Å². The van der Waals surface area contributed by atoms with E-state index in [2.05, 4.69) is 4.98 Å². The lowest BCUT2D eigenvalue weighted by Crippen LogP contribution is -2.26. The summed E-state index contributed by atoms with van der Waals surface area (Å²) in [6, 6.07) is 11.9. The van der Waals surface area contributed by atoms with Crippen LogP contribution >= 0.6 is 11.3 Å². The van der Waals surface area contributed by atoms with Crippen molar-refractivity contribution in [3.63, 3.8) is 0 Å². The molecular weight excluding hydrogens is 308 g/mol. The van der Waals surface area contributed by atoms with E-state index in [9.17, 15) is 5.11 Å². The van der Waals surface area contributed by atoms with Crippen LogP contribution in [0.3, 0.4) is 0 Å². The highest BCUT2D eigenvalue weighted by molar-refractivity contribution is 7.09. The van der Waals surface area contributed by atoms with Gasteiger partial charge in [-0.3, -0.25) is 5.41 Å². The molecule has 0 aliphatic carbocycles. The number of hydrogen-bond donors (Lipinski definition) is 2. The molecular formula is C17H16N4OS. The third-order valence-electron chi connectivity index (χ3n) is 4.12. The Morgan fingerprint density at radius 2 is 2.09 bits per heavy atom. The Morgan fingerprint density at radius 3 is 2.83 bits per heavy atom. The van der Waals surface area contributed by atoms with E-state index in [0.29, 0.717) is 30.3 Å². The maximum atomic E-state index is 10.4. The van der Waals surface area contributed by atoms with Gasteiger partial charge in [0.05, 0.1) is 29.7 Å². The van der Waals surface area contributed by atoms with Crippen LogP contribution in [-0.2, 0) is 13.6 Å². The Hall–Kier alpha value is -2.60. The highest BCUT2D eigenvalue weighted by Gasteiger charge is 2.31. The van der Waals surface area contributed by atoms with Crippen molar-refractivity contribution >= 4 is 33.8 Å². The number of nitrogens with zero attached hydrogens (tertiary/aromatic N) is 3. The maximum absolute atomic E-state index is 10.4. The average Bonchev–Trinajstić information content (AvgIpc) is 3.22. The molecule has 2 aromatic heterocycles. The third-order valence-corrected chi connectivity index (χ3v) is 4.98. The number of aliphatic hydroxyl groups excluding tert-OH is 1. The summed E-state index contributed by atoms with van der Waals surface area (Å²) in [5.41, 5.74) is 2.39. The van der Waals surface area contributed by atoms with Gasteiger partial charge in [0.1, 0.15) is 17.4 Å².